The van der Waals surface area contributed by atoms with E-state index in [0.717, 1.165) is 38.8 Å². The molecule has 1 N–H and O–H groups in total. The van der Waals surface area contributed by atoms with Crippen LogP contribution in [0.1, 0.15) is 42.4 Å². The molecule has 6 rings (SSSR count). The number of aromatic nitrogens is 1. The summed E-state index contributed by atoms with van der Waals surface area (Å²) in [6.07, 6.45) is -0.502. The lowest BCUT2D eigenvalue weighted by Gasteiger charge is -2.35. The zero-order chi connectivity index (χ0) is 21.7. The van der Waals surface area contributed by atoms with Gasteiger partial charge in [0, 0.05) is 28.7 Å². The van der Waals surface area contributed by atoms with Crippen LogP contribution < -0.4 is 0 Å². The second-order valence-electron chi connectivity index (χ2n) is 9.12. The minimum atomic E-state index is -0.799. The Kier molecular flexibility index (Phi) is 3.84. The van der Waals surface area contributed by atoms with Crippen LogP contribution in [0, 0.1) is 5.41 Å². The van der Waals surface area contributed by atoms with Crippen LogP contribution in [-0.2, 0) is 0 Å². The second-order valence-corrected chi connectivity index (χ2v) is 9.93. The van der Waals surface area contributed by atoms with Crippen molar-refractivity contribution in [1.82, 2.24) is 4.57 Å². The Balaban J connectivity index is 1.81. The van der Waals surface area contributed by atoms with Crippen LogP contribution in [-0.4, -0.2) is 15.5 Å². The van der Waals surface area contributed by atoms with Crippen LogP contribution in [0.25, 0.3) is 38.8 Å². The monoisotopic (exact) mass is 447 g/mol. The number of Topliss-reactive ketones (excluding diaryl/α,β-unsaturated/α-hetero) is 1. The van der Waals surface area contributed by atoms with Gasteiger partial charge in [0.25, 0.3) is 0 Å². The molecule has 0 fully saturated rings. The summed E-state index contributed by atoms with van der Waals surface area (Å²) in [4.78, 5) is 13.5. The molecule has 5 heteroatoms. The average molecular weight is 448 g/mol. The molecule has 0 radical (unpaired) electrons. The molecule has 0 amide bonds. The van der Waals surface area contributed by atoms with Crippen LogP contribution in [0.3, 0.4) is 0 Å². The number of carbonyl (C=O) groups is 1. The number of aliphatic hydroxyl groups excluding tert-OH is 1. The Morgan fingerprint density at radius 1 is 0.968 bits per heavy atom. The van der Waals surface area contributed by atoms with Crippen LogP contribution in [0.2, 0.25) is 10.0 Å². The summed E-state index contributed by atoms with van der Waals surface area (Å²) in [5, 5.41) is 14.6. The first-order valence-electron chi connectivity index (χ1n) is 10.3. The summed E-state index contributed by atoms with van der Waals surface area (Å²) in [5.41, 5.74) is 5.40. The average Bonchev–Trinajstić information content (AvgIpc) is 3.24. The first kappa shape index (κ1) is 19.1. The minimum absolute atomic E-state index is 0.0603. The molecule has 4 aromatic rings. The van der Waals surface area contributed by atoms with E-state index in [4.69, 9.17) is 23.2 Å². The third kappa shape index (κ3) is 2.43. The van der Waals surface area contributed by atoms with E-state index in [-0.39, 0.29) is 5.78 Å². The smallest absolute Gasteiger partial charge is 0.166 e. The third-order valence-corrected chi connectivity index (χ3v) is 7.43. The van der Waals surface area contributed by atoms with E-state index in [1.165, 1.54) is 0 Å². The first-order valence-corrected chi connectivity index (χ1v) is 11.0. The Morgan fingerprint density at radius 3 is 2.39 bits per heavy atom. The molecule has 154 valence electrons. The fourth-order valence-corrected chi connectivity index (χ4v) is 5.55. The molecule has 1 unspecified atom stereocenters. The van der Waals surface area contributed by atoms with E-state index in [0.29, 0.717) is 27.7 Å². The van der Waals surface area contributed by atoms with E-state index in [1.807, 2.05) is 36.6 Å². The lowest BCUT2D eigenvalue weighted by atomic mass is 9.73. The fraction of sp³-hybridized carbons (Fsp3) is 0.192. The van der Waals surface area contributed by atoms with E-state index < -0.39 is 11.5 Å². The van der Waals surface area contributed by atoms with Gasteiger partial charge < -0.3 is 9.67 Å². The van der Waals surface area contributed by atoms with Crippen molar-refractivity contribution in [2.45, 2.75) is 26.4 Å². The lowest BCUT2D eigenvalue weighted by molar-refractivity contribution is 0.0281. The van der Waals surface area contributed by atoms with Gasteiger partial charge in [0.15, 0.2) is 5.78 Å². The number of nitrogens with zero attached hydrogens (tertiary/aromatic N) is 1. The Hall–Kier alpha value is -2.59. The summed E-state index contributed by atoms with van der Waals surface area (Å²) in [6, 6.07) is 17.8. The van der Waals surface area contributed by atoms with Gasteiger partial charge in [0.2, 0.25) is 0 Å². The number of fused-ring (bicyclic) bond motifs is 5. The number of ketones is 1. The van der Waals surface area contributed by atoms with Crippen LogP contribution >= 0.6 is 23.2 Å². The molecule has 1 heterocycles. The lowest BCUT2D eigenvalue weighted by Crippen LogP contribution is -2.33. The molecule has 0 saturated heterocycles. The predicted octanol–water partition coefficient (Wildman–Crippen LogP) is 7.23. The van der Waals surface area contributed by atoms with Gasteiger partial charge in [-0.25, -0.2) is 0 Å². The normalized spacial score (nSPS) is 18.4. The van der Waals surface area contributed by atoms with Crippen molar-refractivity contribution in [2.75, 3.05) is 0 Å². The SMILES string of the molecule is CC1(C)CC(=O)c2c3c(n(-c4ccc(Cl)c(Cl)c4)c2C1O)-c1cccc2cccc-3c12. The molecule has 1 aromatic heterocycles. The molecule has 2 aliphatic rings. The van der Waals surface area contributed by atoms with Gasteiger partial charge in [-0.2, -0.15) is 0 Å². The van der Waals surface area contributed by atoms with E-state index in [9.17, 15) is 9.90 Å². The summed E-state index contributed by atoms with van der Waals surface area (Å²) in [6.45, 7) is 3.87. The second kappa shape index (κ2) is 6.23. The van der Waals surface area contributed by atoms with Gasteiger partial charge in [-0.15, -0.1) is 0 Å². The van der Waals surface area contributed by atoms with E-state index in [1.54, 1.807) is 12.1 Å². The Morgan fingerprint density at radius 2 is 1.68 bits per heavy atom. The number of aliphatic hydroxyl groups is 1. The summed E-state index contributed by atoms with van der Waals surface area (Å²) < 4.78 is 2.02. The van der Waals surface area contributed by atoms with Crippen molar-refractivity contribution >= 4 is 39.8 Å². The quantitative estimate of drug-likeness (QED) is 0.294. The number of carbonyl (C=O) groups excluding carboxylic acids is 1. The molecule has 0 aliphatic heterocycles. The van der Waals surface area contributed by atoms with Gasteiger partial charge in [0.05, 0.1) is 27.0 Å². The molecular formula is C26H19Cl2NO2. The third-order valence-electron chi connectivity index (χ3n) is 6.69. The summed E-state index contributed by atoms with van der Waals surface area (Å²) in [7, 11) is 0. The predicted molar refractivity (Wildman–Crippen MR) is 125 cm³/mol. The van der Waals surface area contributed by atoms with E-state index in [2.05, 4.69) is 24.3 Å². The Labute approximate surface area is 189 Å². The highest BCUT2D eigenvalue weighted by molar-refractivity contribution is 6.42. The highest BCUT2D eigenvalue weighted by Crippen LogP contribution is 2.56. The molecule has 0 saturated carbocycles. The topological polar surface area (TPSA) is 42.2 Å². The van der Waals surface area contributed by atoms with Gasteiger partial charge >= 0.3 is 0 Å². The van der Waals surface area contributed by atoms with Crippen molar-refractivity contribution in [3.05, 3.63) is 75.9 Å². The summed E-state index contributed by atoms with van der Waals surface area (Å²) in [5.74, 6) is 0.0603. The maximum Gasteiger partial charge on any atom is 0.166 e. The number of rotatable bonds is 1. The van der Waals surface area contributed by atoms with Crippen LogP contribution in [0.4, 0.5) is 0 Å². The van der Waals surface area contributed by atoms with Crippen LogP contribution in [0.5, 0.6) is 0 Å². The molecule has 31 heavy (non-hydrogen) atoms. The van der Waals surface area contributed by atoms with Crippen molar-refractivity contribution in [3.63, 3.8) is 0 Å². The maximum absolute atomic E-state index is 13.5. The van der Waals surface area contributed by atoms with E-state index >= 15 is 0 Å². The van der Waals surface area contributed by atoms with Gasteiger partial charge in [-0.3, -0.25) is 4.79 Å². The molecule has 3 nitrogen and oxygen atoms in total. The number of hydrogen-bond donors (Lipinski definition) is 1. The molecule has 1 atom stereocenters. The summed E-state index contributed by atoms with van der Waals surface area (Å²) >= 11 is 12.6. The highest BCUT2D eigenvalue weighted by atomic mass is 35.5. The van der Waals surface area contributed by atoms with Crippen molar-refractivity contribution in [3.8, 4) is 28.1 Å². The van der Waals surface area contributed by atoms with Crippen molar-refractivity contribution < 1.29 is 9.90 Å². The van der Waals surface area contributed by atoms with Gasteiger partial charge in [0.1, 0.15) is 6.10 Å². The molecule has 2 aliphatic carbocycles. The van der Waals surface area contributed by atoms with Crippen molar-refractivity contribution in [2.24, 2.45) is 5.41 Å². The number of halogens is 2. The zero-order valence-corrected chi connectivity index (χ0v) is 18.6. The number of hydrogen-bond acceptors (Lipinski definition) is 2. The first-order chi connectivity index (χ1) is 14.8. The minimum Gasteiger partial charge on any atom is -0.386 e. The molecular weight excluding hydrogens is 429 g/mol. The van der Waals surface area contributed by atoms with Gasteiger partial charge in [-0.1, -0.05) is 73.4 Å². The maximum atomic E-state index is 13.5. The van der Waals surface area contributed by atoms with Crippen molar-refractivity contribution in [1.29, 1.82) is 0 Å². The van der Waals surface area contributed by atoms with Crippen LogP contribution in [0.15, 0.2) is 54.6 Å². The standard InChI is InChI=1S/C26H19Cl2NO2/c1-26(2)12-19(30)22-21-15-7-3-5-13-6-4-8-16(20(13)15)23(21)29(24(22)25(26)31)14-9-10-17(27)18(28)11-14/h3-11,25,31H,12H2,1-2H3. The number of benzene rings is 3. The largest absolute Gasteiger partial charge is 0.386 e. The fourth-order valence-electron chi connectivity index (χ4n) is 5.26. The Bertz CT molecular complexity index is 1440. The molecule has 3 aromatic carbocycles. The molecule has 0 bridgehead atoms. The zero-order valence-electron chi connectivity index (χ0n) is 17.0. The highest BCUT2D eigenvalue weighted by Gasteiger charge is 2.46. The molecule has 0 spiro atoms. The van der Waals surface area contributed by atoms with Gasteiger partial charge in [-0.05, 0) is 34.5 Å².